The van der Waals surface area contributed by atoms with Crippen molar-refractivity contribution in [2.24, 2.45) is 11.8 Å². The third kappa shape index (κ3) is 0.902. The molecule has 2 atom stereocenters. The van der Waals surface area contributed by atoms with Gasteiger partial charge in [-0.05, 0) is 37.5 Å². The Morgan fingerprint density at radius 3 is 3.00 bits per heavy atom. The molecule has 2 bridgehead atoms. The van der Waals surface area contributed by atoms with E-state index in [9.17, 15) is 0 Å². The molecule has 0 aromatic carbocycles. The molecule has 0 spiro atoms. The molecule has 1 saturated carbocycles. The first kappa shape index (κ1) is 6.45. The second-order valence-electron chi connectivity index (χ2n) is 3.78. The normalized spacial score (nSPS) is 36.7. The Kier molecular flexibility index (Phi) is 1.55. The standard InChI is InChI=1S/C10H16/c1-2-3-9-6-8-4-5-10(9)7-8/h6,9-10H,2-5,7H2,1H3. The molecule has 2 aliphatic carbocycles. The molecular formula is C10H16. The lowest BCUT2D eigenvalue weighted by atomic mass is 9.89. The maximum absolute atomic E-state index is 2.55. The van der Waals surface area contributed by atoms with Gasteiger partial charge in [0.1, 0.15) is 0 Å². The molecule has 2 rings (SSSR count). The van der Waals surface area contributed by atoms with Crippen molar-refractivity contribution in [3.05, 3.63) is 11.6 Å². The average molecular weight is 136 g/mol. The van der Waals surface area contributed by atoms with Gasteiger partial charge in [0.15, 0.2) is 0 Å². The van der Waals surface area contributed by atoms with Crippen molar-refractivity contribution >= 4 is 0 Å². The van der Waals surface area contributed by atoms with E-state index in [0.717, 1.165) is 11.8 Å². The van der Waals surface area contributed by atoms with Crippen LogP contribution in [-0.4, -0.2) is 0 Å². The van der Waals surface area contributed by atoms with E-state index in [1.54, 1.807) is 5.57 Å². The van der Waals surface area contributed by atoms with Gasteiger partial charge in [0.05, 0.1) is 0 Å². The molecule has 0 aromatic rings. The molecule has 56 valence electrons. The Bertz CT molecular complexity index is 155. The summed E-state index contributed by atoms with van der Waals surface area (Å²) in [5.74, 6) is 2.05. The summed E-state index contributed by atoms with van der Waals surface area (Å²) in [6.45, 7) is 2.30. The number of hydrogen-bond donors (Lipinski definition) is 0. The molecule has 0 N–H and O–H groups in total. The maximum Gasteiger partial charge on any atom is -0.0199 e. The van der Waals surface area contributed by atoms with Crippen LogP contribution in [0.2, 0.25) is 0 Å². The summed E-state index contributed by atoms with van der Waals surface area (Å²) in [5.41, 5.74) is 1.77. The first-order chi connectivity index (χ1) is 4.90. The third-order valence-corrected chi connectivity index (χ3v) is 3.04. The van der Waals surface area contributed by atoms with Crippen LogP contribution in [0.3, 0.4) is 0 Å². The van der Waals surface area contributed by atoms with Gasteiger partial charge < -0.3 is 0 Å². The highest BCUT2D eigenvalue weighted by molar-refractivity contribution is 5.19. The summed E-state index contributed by atoms with van der Waals surface area (Å²) < 4.78 is 0. The molecule has 0 nitrogen and oxygen atoms in total. The van der Waals surface area contributed by atoms with E-state index in [2.05, 4.69) is 13.0 Å². The first-order valence-electron chi connectivity index (χ1n) is 4.59. The average Bonchev–Trinajstić information content (AvgIpc) is 2.48. The lowest BCUT2D eigenvalue weighted by Gasteiger charge is -2.16. The van der Waals surface area contributed by atoms with E-state index in [0.29, 0.717) is 0 Å². The molecule has 1 fully saturated rings. The number of rotatable bonds is 2. The summed E-state index contributed by atoms with van der Waals surface area (Å²) in [7, 11) is 0. The van der Waals surface area contributed by atoms with Crippen molar-refractivity contribution in [2.45, 2.75) is 39.0 Å². The largest absolute Gasteiger partial charge is 0.0819 e. The second kappa shape index (κ2) is 2.41. The van der Waals surface area contributed by atoms with Crippen molar-refractivity contribution in [2.75, 3.05) is 0 Å². The minimum atomic E-state index is 0.980. The zero-order chi connectivity index (χ0) is 6.97. The van der Waals surface area contributed by atoms with Crippen LogP contribution in [0, 0.1) is 11.8 Å². The van der Waals surface area contributed by atoms with Gasteiger partial charge in [-0.2, -0.15) is 0 Å². The van der Waals surface area contributed by atoms with Crippen LogP contribution >= 0.6 is 0 Å². The maximum atomic E-state index is 2.55. The SMILES string of the molecule is CCCC1C=C2CCC1C2. The van der Waals surface area contributed by atoms with E-state index in [1.807, 2.05) is 0 Å². The third-order valence-electron chi connectivity index (χ3n) is 3.04. The second-order valence-corrected chi connectivity index (χ2v) is 3.78. The van der Waals surface area contributed by atoms with E-state index in [4.69, 9.17) is 0 Å². The predicted octanol–water partition coefficient (Wildman–Crippen LogP) is 3.14. The highest BCUT2D eigenvalue weighted by atomic mass is 14.4. The van der Waals surface area contributed by atoms with Crippen LogP contribution in [0.25, 0.3) is 0 Å². The molecule has 0 aliphatic heterocycles. The quantitative estimate of drug-likeness (QED) is 0.511. The fourth-order valence-corrected chi connectivity index (χ4v) is 2.52. The topological polar surface area (TPSA) is 0 Å². The zero-order valence-corrected chi connectivity index (χ0v) is 6.77. The van der Waals surface area contributed by atoms with E-state index in [1.165, 1.54) is 32.1 Å². The fourth-order valence-electron chi connectivity index (χ4n) is 2.52. The van der Waals surface area contributed by atoms with Gasteiger partial charge in [-0.1, -0.05) is 25.0 Å². The van der Waals surface area contributed by atoms with E-state index < -0.39 is 0 Å². The van der Waals surface area contributed by atoms with Crippen LogP contribution in [0.5, 0.6) is 0 Å². The van der Waals surface area contributed by atoms with Crippen LogP contribution in [0.1, 0.15) is 39.0 Å². The van der Waals surface area contributed by atoms with Crippen molar-refractivity contribution < 1.29 is 0 Å². The summed E-state index contributed by atoms with van der Waals surface area (Å²) in [6, 6.07) is 0. The Morgan fingerprint density at radius 1 is 1.60 bits per heavy atom. The molecule has 10 heavy (non-hydrogen) atoms. The van der Waals surface area contributed by atoms with Gasteiger partial charge in [0.2, 0.25) is 0 Å². The number of allylic oxidation sites excluding steroid dienone is 2. The van der Waals surface area contributed by atoms with Gasteiger partial charge in [-0.25, -0.2) is 0 Å². The summed E-state index contributed by atoms with van der Waals surface area (Å²) >= 11 is 0. The lowest BCUT2D eigenvalue weighted by molar-refractivity contribution is 0.395. The summed E-state index contributed by atoms with van der Waals surface area (Å²) in [4.78, 5) is 0. The number of hydrogen-bond acceptors (Lipinski definition) is 0. The van der Waals surface area contributed by atoms with Gasteiger partial charge >= 0.3 is 0 Å². The van der Waals surface area contributed by atoms with Crippen LogP contribution < -0.4 is 0 Å². The zero-order valence-electron chi connectivity index (χ0n) is 6.77. The summed E-state index contributed by atoms with van der Waals surface area (Å²) in [5, 5.41) is 0. The Hall–Kier alpha value is -0.260. The van der Waals surface area contributed by atoms with E-state index in [-0.39, 0.29) is 0 Å². The van der Waals surface area contributed by atoms with Crippen molar-refractivity contribution in [3.8, 4) is 0 Å². The predicted molar refractivity (Wildman–Crippen MR) is 43.8 cm³/mol. The Balaban J connectivity index is 2.01. The Morgan fingerprint density at radius 2 is 2.50 bits per heavy atom. The van der Waals surface area contributed by atoms with Gasteiger partial charge in [0, 0.05) is 0 Å². The first-order valence-corrected chi connectivity index (χ1v) is 4.59. The minimum Gasteiger partial charge on any atom is -0.0819 e. The monoisotopic (exact) mass is 136 g/mol. The van der Waals surface area contributed by atoms with E-state index >= 15 is 0 Å². The molecular weight excluding hydrogens is 120 g/mol. The molecule has 0 saturated heterocycles. The molecule has 0 amide bonds. The van der Waals surface area contributed by atoms with Crippen LogP contribution in [0.4, 0.5) is 0 Å². The Labute approximate surface area is 63.3 Å². The summed E-state index contributed by atoms with van der Waals surface area (Å²) in [6.07, 6.45) is 9.73. The molecule has 0 radical (unpaired) electrons. The van der Waals surface area contributed by atoms with Crippen molar-refractivity contribution in [3.63, 3.8) is 0 Å². The highest BCUT2D eigenvalue weighted by Gasteiger charge is 2.31. The molecule has 0 heteroatoms. The van der Waals surface area contributed by atoms with Gasteiger partial charge in [-0.3, -0.25) is 0 Å². The van der Waals surface area contributed by atoms with Crippen molar-refractivity contribution in [1.29, 1.82) is 0 Å². The smallest absolute Gasteiger partial charge is 0.0199 e. The fraction of sp³-hybridized carbons (Fsp3) is 0.800. The highest BCUT2D eigenvalue weighted by Crippen LogP contribution is 2.44. The van der Waals surface area contributed by atoms with Crippen molar-refractivity contribution in [1.82, 2.24) is 0 Å². The molecule has 2 aliphatic rings. The minimum absolute atomic E-state index is 0.980. The molecule has 0 heterocycles. The van der Waals surface area contributed by atoms with Crippen LogP contribution in [0.15, 0.2) is 11.6 Å². The number of fused-ring (bicyclic) bond motifs is 2. The lowest BCUT2D eigenvalue weighted by Crippen LogP contribution is -2.06. The van der Waals surface area contributed by atoms with Crippen LogP contribution in [-0.2, 0) is 0 Å². The van der Waals surface area contributed by atoms with Gasteiger partial charge in [0.25, 0.3) is 0 Å². The molecule has 0 aromatic heterocycles. The molecule has 2 unspecified atom stereocenters. The van der Waals surface area contributed by atoms with Gasteiger partial charge in [-0.15, -0.1) is 0 Å².